The highest BCUT2D eigenvalue weighted by atomic mass is 32.2. The van der Waals surface area contributed by atoms with Gasteiger partial charge in [0.25, 0.3) is 17.7 Å². The molecule has 0 spiro atoms. The lowest BCUT2D eigenvalue weighted by Gasteiger charge is -2.44. The number of halogens is 3. The number of pyridine rings is 1. The molecule has 2 saturated heterocycles. The van der Waals surface area contributed by atoms with Gasteiger partial charge in [-0.3, -0.25) is 24.2 Å². The van der Waals surface area contributed by atoms with Gasteiger partial charge in [-0.15, -0.1) is 22.0 Å². The van der Waals surface area contributed by atoms with Crippen LogP contribution in [0.4, 0.5) is 19.0 Å². The first-order chi connectivity index (χ1) is 26.3. The largest absolute Gasteiger partial charge is 0.416 e. The van der Waals surface area contributed by atoms with E-state index >= 15 is 0 Å². The van der Waals surface area contributed by atoms with Crippen molar-refractivity contribution in [2.45, 2.75) is 88.5 Å². The normalized spacial score (nSPS) is 22.1. The Kier molecular flexibility index (Phi) is 11.3. The number of hydrogen-bond donors (Lipinski definition) is 0. The lowest BCUT2D eigenvalue weighted by Crippen LogP contribution is -2.53. The minimum atomic E-state index is -4.65. The van der Waals surface area contributed by atoms with Crippen LogP contribution >= 0.6 is 11.8 Å². The maximum atomic E-state index is 14.9. The molecule has 15 heteroatoms. The first kappa shape index (κ1) is 39.2. The fourth-order valence-corrected chi connectivity index (χ4v) is 9.46. The molecule has 2 atom stereocenters. The van der Waals surface area contributed by atoms with Gasteiger partial charge < -0.3 is 13.8 Å². The van der Waals surface area contributed by atoms with Gasteiger partial charge in [-0.05, 0) is 73.2 Å². The van der Waals surface area contributed by atoms with Crippen LogP contribution in [0.25, 0.3) is 0 Å². The molecule has 3 amide bonds. The van der Waals surface area contributed by atoms with Gasteiger partial charge >= 0.3 is 6.18 Å². The summed E-state index contributed by atoms with van der Waals surface area (Å²) in [5, 5.41) is 9.01. The first-order valence-electron chi connectivity index (χ1n) is 19.3. The number of aromatic nitrogens is 4. The minimum absolute atomic E-state index is 0.0114. The standard InChI is InChI=1S/C40H49F3N7O4S/c1-4-55-35-19-29(39(24-54-25-39)20-34-46-44-26-47(34)3)18-33(45-35)49-21-31-30(38(49)53)16-28(17-32(31)40(41,42)43)23-50(15-9-10-27(2)22-50)14-8-6-5-7-13-48-36(51)11-12-37(48)52/h11-12,16-19,26-27H,4-10,13-15,20-25H2,1-3H3/q+1/t27-,50?/m0/s1. The topological polar surface area (TPSA) is 111 Å². The molecule has 55 heavy (non-hydrogen) atoms. The van der Waals surface area contributed by atoms with Gasteiger partial charge in [0, 0.05) is 54.6 Å². The predicted molar refractivity (Wildman–Crippen MR) is 201 cm³/mol. The van der Waals surface area contributed by atoms with Crippen LogP contribution in [0.15, 0.2) is 47.8 Å². The van der Waals surface area contributed by atoms with Crippen molar-refractivity contribution in [3.8, 4) is 0 Å². The van der Waals surface area contributed by atoms with Crippen LogP contribution in [0.1, 0.15) is 90.8 Å². The van der Waals surface area contributed by atoms with E-state index in [1.807, 2.05) is 30.7 Å². The van der Waals surface area contributed by atoms with E-state index in [-0.39, 0.29) is 29.5 Å². The Morgan fingerprint density at radius 1 is 1.04 bits per heavy atom. The van der Waals surface area contributed by atoms with Gasteiger partial charge in [0.2, 0.25) is 0 Å². The Hall–Kier alpha value is -4.08. The van der Waals surface area contributed by atoms with Gasteiger partial charge in [-0.1, -0.05) is 20.3 Å². The third-order valence-corrected chi connectivity index (χ3v) is 12.4. The zero-order chi connectivity index (χ0) is 39.0. The molecule has 1 aromatic carbocycles. The van der Waals surface area contributed by atoms with Crippen molar-refractivity contribution in [3.63, 3.8) is 0 Å². The van der Waals surface area contributed by atoms with Gasteiger partial charge in [0.05, 0.1) is 50.0 Å². The average molecular weight is 781 g/mol. The summed E-state index contributed by atoms with van der Waals surface area (Å²) in [5.41, 5.74) is 0.309. The lowest BCUT2D eigenvalue weighted by atomic mass is 9.76. The molecule has 0 radical (unpaired) electrons. The monoisotopic (exact) mass is 780 g/mol. The number of carbonyl (C=O) groups is 3. The number of piperidine rings is 1. The zero-order valence-corrected chi connectivity index (χ0v) is 32.6. The molecule has 6 heterocycles. The number of likely N-dealkylation sites (tertiary alicyclic amines) is 1. The van der Waals surface area contributed by atoms with Crippen molar-refractivity contribution in [2.24, 2.45) is 13.0 Å². The number of hydrogen-bond acceptors (Lipinski definition) is 8. The second-order valence-corrected chi connectivity index (χ2v) is 17.1. The van der Waals surface area contributed by atoms with Crippen LogP contribution in [0.5, 0.6) is 0 Å². The van der Waals surface area contributed by atoms with E-state index < -0.39 is 23.1 Å². The third kappa shape index (κ3) is 8.24. The van der Waals surface area contributed by atoms with E-state index in [9.17, 15) is 27.6 Å². The highest BCUT2D eigenvalue weighted by Gasteiger charge is 2.45. The molecule has 294 valence electrons. The van der Waals surface area contributed by atoms with E-state index in [1.54, 1.807) is 12.4 Å². The molecule has 0 aliphatic carbocycles. The molecule has 1 unspecified atom stereocenters. The zero-order valence-electron chi connectivity index (χ0n) is 31.7. The third-order valence-electron chi connectivity index (χ3n) is 11.6. The Morgan fingerprint density at radius 2 is 1.80 bits per heavy atom. The number of thioether (sulfide) groups is 1. The number of nitrogens with zero attached hydrogens (tertiary/aromatic N) is 7. The smallest absolute Gasteiger partial charge is 0.379 e. The number of fused-ring (bicyclic) bond motifs is 1. The summed E-state index contributed by atoms with van der Waals surface area (Å²) in [5.74, 6) is 1.24. The van der Waals surface area contributed by atoms with Crippen LogP contribution in [0.2, 0.25) is 0 Å². The lowest BCUT2D eigenvalue weighted by molar-refractivity contribution is -0.948. The summed E-state index contributed by atoms with van der Waals surface area (Å²) in [6.07, 6.45) is 5.52. The molecule has 4 aliphatic heterocycles. The van der Waals surface area contributed by atoms with Gasteiger partial charge in [-0.25, -0.2) is 4.98 Å². The van der Waals surface area contributed by atoms with Crippen LogP contribution in [-0.4, -0.2) is 92.0 Å². The van der Waals surface area contributed by atoms with Gasteiger partial charge in [0.15, 0.2) is 0 Å². The second-order valence-electron chi connectivity index (χ2n) is 15.8. The fourth-order valence-electron chi connectivity index (χ4n) is 8.80. The summed E-state index contributed by atoms with van der Waals surface area (Å²) < 4.78 is 53.0. The summed E-state index contributed by atoms with van der Waals surface area (Å²) in [7, 11) is 1.88. The van der Waals surface area contributed by atoms with Crippen LogP contribution in [0.3, 0.4) is 0 Å². The molecule has 0 saturated carbocycles. The van der Waals surface area contributed by atoms with Crippen molar-refractivity contribution in [3.05, 3.63) is 76.4 Å². The number of benzene rings is 1. The summed E-state index contributed by atoms with van der Waals surface area (Å²) >= 11 is 1.52. The summed E-state index contributed by atoms with van der Waals surface area (Å²) in [4.78, 5) is 45.5. The highest BCUT2D eigenvalue weighted by molar-refractivity contribution is 7.99. The average Bonchev–Trinajstić information content (AvgIpc) is 3.78. The van der Waals surface area contributed by atoms with E-state index in [1.165, 1.54) is 39.8 Å². The minimum Gasteiger partial charge on any atom is -0.379 e. The van der Waals surface area contributed by atoms with Gasteiger partial charge in [-0.2, -0.15) is 13.2 Å². The van der Waals surface area contributed by atoms with Crippen molar-refractivity contribution in [1.82, 2.24) is 24.6 Å². The molecular weight excluding hydrogens is 732 g/mol. The highest BCUT2D eigenvalue weighted by Crippen LogP contribution is 2.43. The van der Waals surface area contributed by atoms with Crippen molar-refractivity contribution < 1.29 is 36.8 Å². The maximum Gasteiger partial charge on any atom is 0.416 e. The SMILES string of the molecule is CCSc1cc(C2(Cc3nncn3C)COC2)cc(N2Cc3c(cc(C[N+]4(CCCCCCN5C(=O)C=CC5=O)CCC[C@H](C)C4)cc3C(F)(F)F)C2=O)n1. The Labute approximate surface area is 323 Å². The van der Waals surface area contributed by atoms with Crippen molar-refractivity contribution >= 4 is 35.3 Å². The number of carbonyl (C=O) groups excluding carboxylic acids is 3. The molecule has 4 aliphatic rings. The molecule has 2 fully saturated rings. The van der Waals surface area contributed by atoms with E-state index in [4.69, 9.17) is 9.72 Å². The number of quaternary nitrogens is 1. The maximum absolute atomic E-state index is 14.9. The predicted octanol–water partition coefficient (Wildman–Crippen LogP) is 6.24. The molecular formula is C40H49F3N7O4S+. The van der Waals surface area contributed by atoms with E-state index in [0.29, 0.717) is 66.0 Å². The van der Waals surface area contributed by atoms with Crippen LogP contribution in [-0.2, 0) is 52.5 Å². The number of imide groups is 1. The number of ether oxygens (including phenoxy) is 1. The second kappa shape index (κ2) is 15.8. The Balaban J connectivity index is 1.13. The quantitative estimate of drug-likeness (QED) is 0.0772. The van der Waals surface area contributed by atoms with Gasteiger partial charge in [0.1, 0.15) is 24.5 Å². The van der Waals surface area contributed by atoms with Crippen LogP contribution in [0, 0.1) is 5.92 Å². The molecule has 7 rings (SSSR count). The number of anilines is 1. The molecule has 0 bridgehead atoms. The Morgan fingerprint density at radius 3 is 2.45 bits per heavy atom. The Bertz CT molecular complexity index is 1960. The van der Waals surface area contributed by atoms with Crippen molar-refractivity contribution in [2.75, 3.05) is 50.0 Å². The number of amides is 3. The first-order valence-corrected chi connectivity index (χ1v) is 20.3. The molecule has 0 N–H and O–H groups in total. The van der Waals surface area contributed by atoms with Crippen LogP contribution < -0.4 is 4.90 Å². The number of unbranched alkanes of at least 4 members (excludes halogenated alkanes) is 3. The number of alkyl halides is 3. The van der Waals surface area contributed by atoms with Crippen molar-refractivity contribution in [1.29, 1.82) is 0 Å². The fraction of sp³-hybridized carbons (Fsp3) is 0.550. The van der Waals surface area contributed by atoms with E-state index in [0.717, 1.165) is 68.9 Å². The summed E-state index contributed by atoms with van der Waals surface area (Å²) in [6, 6.07) is 6.81. The molecule has 11 nitrogen and oxygen atoms in total. The molecule has 2 aromatic heterocycles. The van der Waals surface area contributed by atoms with E-state index in [2.05, 4.69) is 17.1 Å². The number of aryl methyl sites for hydroxylation is 1. The number of rotatable bonds is 15. The summed E-state index contributed by atoms with van der Waals surface area (Å²) in [6.45, 7) is 8.19. The molecule has 3 aromatic rings.